The Kier molecular flexibility index (Phi) is 4.65. The zero-order chi connectivity index (χ0) is 12.8. The molecule has 1 atom stereocenters. The number of rotatable bonds is 6. The average Bonchev–Trinajstić information content (AvgIpc) is 2.71. The molecule has 0 aliphatic carbocycles. The van der Waals surface area contributed by atoms with Crippen LogP contribution in [-0.4, -0.2) is 36.1 Å². The van der Waals surface area contributed by atoms with Crippen molar-refractivity contribution in [1.29, 1.82) is 0 Å². The van der Waals surface area contributed by atoms with Gasteiger partial charge in [-0.1, -0.05) is 30.3 Å². The van der Waals surface area contributed by atoms with Crippen molar-refractivity contribution >= 4 is 0 Å². The Labute approximate surface area is 110 Å². The molecule has 1 aromatic carbocycles. The highest BCUT2D eigenvalue weighted by Crippen LogP contribution is 2.12. The third-order valence-electron chi connectivity index (χ3n) is 3.50. The Bertz CT molecular complexity index is 375. The SMILES string of the molecule is CC1N(C)C=CN1CCCNCc1ccccc1. The Hall–Kier alpha value is -1.48. The fourth-order valence-corrected chi connectivity index (χ4v) is 2.15. The molecule has 0 fully saturated rings. The number of hydrogen-bond donors (Lipinski definition) is 1. The quantitative estimate of drug-likeness (QED) is 0.775. The molecule has 0 radical (unpaired) electrons. The molecular weight excluding hydrogens is 222 g/mol. The second-order valence-electron chi connectivity index (χ2n) is 4.85. The lowest BCUT2D eigenvalue weighted by Gasteiger charge is -2.26. The second kappa shape index (κ2) is 6.45. The number of hydrogen-bond acceptors (Lipinski definition) is 3. The summed E-state index contributed by atoms with van der Waals surface area (Å²) >= 11 is 0. The Morgan fingerprint density at radius 2 is 1.94 bits per heavy atom. The third kappa shape index (κ3) is 3.50. The maximum atomic E-state index is 3.49. The average molecular weight is 245 g/mol. The van der Waals surface area contributed by atoms with Gasteiger partial charge in [0.25, 0.3) is 0 Å². The monoisotopic (exact) mass is 245 g/mol. The van der Waals surface area contributed by atoms with Gasteiger partial charge in [0.05, 0.1) is 6.17 Å². The predicted octanol–water partition coefficient (Wildman–Crippen LogP) is 2.23. The van der Waals surface area contributed by atoms with E-state index in [1.807, 2.05) is 0 Å². The highest BCUT2D eigenvalue weighted by Gasteiger charge is 2.17. The molecule has 98 valence electrons. The van der Waals surface area contributed by atoms with E-state index in [0.717, 1.165) is 19.6 Å². The lowest BCUT2D eigenvalue weighted by molar-refractivity contribution is 0.193. The normalized spacial score (nSPS) is 18.7. The Morgan fingerprint density at radius 1 is 1.17 bits per heavy atom. The van der Waals surface area contributed by atoms with E-state index >= 15 is 0 Å². The Morgan fingerprint density at radius 3 is 2.61 bits per heavy atom. The highest BCUT2D eigenvalue weighted by atomic mass is 15.4. The zero-order valence-corrected chi connectivity index (χ0v) is 11.3. The molecule has 3 nitrogen and oxygen atoms in total. The van der Waals surface area contributed by atoms with E-state index in [1.54, 1.807) is 0 Å². The summed E-state index contributed by atoms with van der Waals surface area (Å²) in [5.74, 6) is 0. The van der Waals surface area contributed by atoms with Crippen LogP contribution in [-0.2, 0) is 6.54 Å². The van der Waals surface area contributed by atoms with E-state index in [2.05, 4.69) is 71.8 Å². The van der Waals surface area contributed by atoms with Crippen LogP contribution < -0.4 is 5.32 Å². The van der Waals surface area contributed by atoms with Gasteiger partial charge in [0.2, 0.25) is 0 Å². The second-order valence-corrected chi connectivity index (χ2v) is 4.85. The van der Waals surface area contributed by atoms with Gasteiger partial charge in [-0.2, -0.15) is 0 Å². The fraction of sp³-hybridized carbons (Fsp3) is 0.467. The number of benzene rings is 1. The van der Waals surface area contributed by atoms with Gasteiger partial charge in [0.1, 0.15) is 0 Å². The molecule has 0 saturated carbocycles. The van der Waals surface area contributed by atoms with Crippen LogP contribution in [0.2, 0.25) is 0 Å². The molecule has 1 N–H and O–H groups in total. The lowest BCUT2D eigenvalue weighted by atomic mass is 10.2. The van der Waals surface area contributed by atoms with Crippen LogP contribution in [0.25, 0.3) is 0 Å². The number of nitrogens with one attached hydrogen (secondary N) is 1. The van der Waals surface area contributed by atoms with Crippen molar-refractivity contribution in [1.82, 2.24) is 15.1 Å². The van der Waals surface area contributed by atoms with Crippen molar-refractivity contribution in [2.75, 3.05) is 20.1 Å². The van der Waals surface area contributed by atoms with Crippen LogP contribution in [0.5, 0.6) is 0 Å². The van der Waals surface area contributed by atoms with Gasteiger partial charge in [-0.15, -0.1) is 0 Å². The van der Waals surface area contributed by atoms with Crippen molar-refractivity contribution in [3.8, 4) is 0 Å². The molecule has 1 aromatic rings. The Balaban J connectivity index is 1.58. The molecule has 0 saturated heterocycles. The van der Waals surface area contributed by atoms with Gasteiger partial charge in [-0.25, -0.2) is 0 Å². The van der Waals surface area contributed by atoms with E-state index in [-0.39, 0.29) is 0 Å². The minimum absolute atomic E-state index is 0.499. The van der Waals surface area contributed by atoms with Crippen LogP contribution in [0.1, 0.15) is 18.9 Å². The van der Waals surface area contributed by atoms with Crippen molar-refractivity contribution < 1.29 is 0 Å². The highest BCUT2D eigenvalue weighted by molar-refractivity contribution is 5.14. The van der Waals surface area contributed by atoms with E-state index in [0.29, 0.717) is 6.17 Å². The fourth-order valence-electron chi connectivity index (χ4n) is 2.15. The minimum atomic E-state index is 0.499. The van der Waals surface area contributed by atoms with Crippen LogP contribution >= 0.6 is 0 Å². The van der Waals surface area contributed by atoms with Gasteiger partial charge in [-0.3, -0.25) is 0 Å². The van der Waals surface area contributed by atoms with Crippen LogP contribution in [0.15, 0.2) is 42.7 Å². The molecule has 0 amide bonds. The van der Waals surface area contributed by atoms with Crippen molar-refractivity contribution in [2.45, 2.75) is 26.1 Å². The maximum Gasteiger partial charge on any atom is 0.0974 e. The summed E-state index contributed by atoms with van der Waals surface area (Å²) in [6.07, 6.45) is 6.00. The van der Waals surface area contributed by atoms with Crippen LogP contribution in [0, 0.1) is 0 Å². The van der Waals surface area contributed by atoms with E-state index in [1.165, 1.54) is 12.0 Å². The first-order valence-electron chi connectivity index (χ1n) is 6.68. The van der Waals surface area contributed by atoms with Crippen LogP contribution in [0.3, 0.4) is 0 Å². The number of nitrogens with zero attached hydrogens (tertiary/aromatic N) is 2. The molecule has 1 unspecified atom stereocenters. The van der Waals surface area contributed by atoms with Gasteiger partial charge >= 0.3 is 0 Å². The first-order chi connectivity index (χ1) is 8.77. The smallest absolute Gasteiger partial charge is 0.0974 e. The summed E-state index contributed by atoms with van der Waals surface area (Å²) in [4.78, 5) is 4.61. The summed E-state index contributed by atoms with van der Waals surface area (Å²) in [6, 6.07) is 10.6. The molecule has 2 rings (SSSR count). The van der Waals surface area contributed by atoms with Crippen molar-refractivity contribution in [3.05, 3.63) is 48.3 Å². The first kappa shape index (κ1) is 13.0. The summed E-state index contributed by atoms with van der Waals surface area (Å²) in [5.41, 5.74) is 1.35. The molecular formula is C15H23N3. The molecule has 1 aliphatic heterocycles. The first-order valence-corrected chi connectivity index (χ1v) is 6.68. The molecule has 0 bridgehead atoms. The lowest BCUT2D eigenvalue weighted by Crippen LogP contribution is -2.35. The molecule has 3 heteroatoms. The summed E-state index contributed by atoms with van der Waals surface area (Å²) in [5, 5.41) is 3.49. The van der Waals surface area contributed by atoms with Gasteiger partial charge in [0.15, 0.2) is 0 Å². The predicted molar refractivity (Wildman–Crippen MR) is 75.8 cm³/mol. The summed E-state index contributed by atoms with van der Waals surface area (Å²) in [6.45, 7) is 5.38. The van der Waals surface area contributed by atoms with Crippen molar-refractivity contribution in [2.24, 2.45) is 0 Å². The standard InChI is InChI=1S/C15H23N3/c1-14-17(2)11-12-18(14)10-6-9-16-13-15-7-4-3-5-8-15/h3-5,7-8,11-12,14,16H,6,9-10,13H2,1-2H3. The maximum absolute atomic E-state index is 3.49. The molecule has 1 heterocycles. The van der Waals surface area contributed by atoms with E-state index in [9.17, 15) is 0 Å². The molecule has 1 aliphatic rings. The topological polar surface area (TPSA) is 18.5 Å². The zero-order valence-electron chi connectivity index (χ0n) is 11.3. The minimum Gasteiger partial charge on any atom is -0.359 e. The summed E-state index contributed by atoms with van der Waals surface area (Å²) in [7, 11) is 2.12. The molecule has 18 heavy (non-hydrogen) atoms. The van der Waals surface area contributed by atoms with Gasteiger partial charge < -0.3 is 15.1 Å². The van der Waals surface area contributed by atoms with E-state index < -0.39 is 0 Å². The molecule has 0 spiro atoms. The van der Waals surface area contributed by atoms with E-state index in [4.69, 9.17) is 0 Å². The largest absolute Gasteiger partial charge is 0.359 e. The molecule has 0 aromatic heterocycles. The van der Waals surface area contributed by atoms with Gasteiger partial charge in [0, 0.05) is 32.5 Å². The van der Waals surface area contributed by atoms with Crippen LogP contribution in [0.4, 0.5) is 0 Å². The summed E-state index contributed by atoms with van der Waals surface area (Å²) < 4.78 is 0. The third-order valence-corrected chi connectivity index (χ3v) is 3.50. The van der Waals surface area contributed by atoms with Crippen molar-refractivity contribution in [3.63, 3.8) is 0 Å². The van der Waals surface area contributed by atoms with Gasteiger partial charge in [-0.05, 0) is 25.5 Å².